The molecule has 0 bridgehead atoms. The van der Waals surface area contributed by atoms with Crippen LogP contribution in [-0.4, -0.2) is 25.7 Å². The molecule has 1 aliphatic carbocycles. The Bertz CT molecular complexity index is 648. The number of rotatable bonds is 3. The molecule has 20 heavy (non-hydrogen) atoms. The molecule has 4 nitrogen and oxygen atoms in total. The fourth-order valence-corrected chi connectivity index (χ4v) is 4.22. The molecule has 0 aliphatic heterocycles. The van der Waals surface area contributed by atoms with Crippen LogP contribution in [0.4, 0.5) is 4.39 Å². The first kappa shape index (κ1) is 16.0. The maximum absolute atomic E-state index is 13.6. The van der Waals surface area contributed by atoms with Crippen molar-refractivity contribution < 1.29 is 17.9 Å². The number of aliphatic hydroxyl groups excluding tert-OH is 1. The van der Waals surface area contributed by atoms with E-state index < -0.39 is 38.4 Å². The smallest absolute Gasteiger partial charge is 0.242 e. The lowest BCUT2D eigenvalue weighted by Crippen LogP contribution is -2.61. The minimum absolute atomic E-state index is 0.242. The number of halogens is 3. The van der Waals surface area contributed by atoms with Crippen molar-refractivity contribution in [2.24, 2.45) is 5.41 Å². The molecule has 1 fully saturated rings. The largest absolute Gasteiger partial charge is 0.392 e. The van der Waals surface area contributed by atoms with Crippen LogP contribution < -0.4 is 4.72 Å². The lowest BCUT2D eigenvalue weighted by molar-refractivity contribution is -0.0645. The van der Waals surface area contributed by atoms with Gasteiger partial charge in [0, 0.05) is 11.5 Å². The number of hydrogen-bond donors (Lipinski definition) is 2. The standard InChI is InChI=1S/C12H14Cl2FNO3S/c1-12(2)8(5-9(12)17)16-20(18,19)7-4-3-6(13)11(15)10(7)14/h3-4,8-9,16-17H,5H2,1-2H3. The molecule has 112 valence electrons. The van der Waals surface area contributed by atoms with Crippen LogP contribution in [0.2, 0.25) is 10.0 Å². The summed E-state index contributed by atoms with van der Waals surface area (Å²) in [5.74, 6) is -0.968. The Kier molecular flexibility index (Phi) is 4.08. The molecule has 1 saturated carbocycles. The summed E-state index contributed by atoms with van der Waals surface area (Å²) < 4.78 is 40.5. The average molecular weight is 342 g/mol. The molecule has 0 saturated heterocycles. The van der Waals surface area contributed by atoms with Crippen molar-refractivity contribution in [2.45, 2.75) is 37.3 Å². The molecule has 8 heteroatoms. The van der Waals surface area contributed by atoms with Crippen LogP contribution in [0, 0.1) is 11.2 Å². The van der Waals surface area contributed by atoms with E-state index in [0.717, 1.165) is 12.1 Å². The zero-order valence-corrected chi connectivity index (χ0v) is 13.2. The zero-order valence-electron chi connectivity index (χ0n) is 10.8. The van der Waals surface area contributed by atoms with Gasteiger partial charge in [-0.3, -0.25) is 0 Å². The molecule has 2 atom stereocenters. The van der Waals surface area contributed by atoms with Gasteiger partial charge < -0.3 is 5.11 Å². The molecule has 1 aromatic carbocycles. The van der Waals surface area contributed by atoms with Crippen LogP contribution in [-0.2, 0) is 10.0 Å². The first-order valence-corrected chi connectivity index (χ1v) is 8.15. The quantitative estimate of drug-likeness (QED) is 0.830. The van der Waals surface area contributed by atoms with Gasteiger partial charge >= 0.3 is 0 Å². The fourth-order valence-electron chi connectivity index (χ4n) is 2.07. The van der Waals surface area contributed by atoms with E-state index in [2.05, 4.69) is 4.72 Å². The summed E-state index contributed by atoms with van der Waals surface area (Å²) in [5, 5.41) is 8.83. The highest BCUT2D eigenvalue weighted by atomic mass is 35.5. The lowest BCUT2D eigenvalue weighted by atomic mass is 9.65. The number of nitrogens with one attached hydrogen (secondary N) is 1. The van der Waals surface area contributed by atoms with Crippen molar-refractivity contribution in [3.05, 3.63) is 28.0 Å². The third-order valence-corrected chi connectivity index (χ3v) is 6.09. The number of hydrogen-bond acceptors (Lipinski definition) is 3. The molecule has 0 spiro atoms. The minimum atomic E-state index is -3.98. The van der Waals surface area contributed by atoms with Crippen molar-refractivity contribution in [1.82, 2.24) is 4.72 Å². The van der Waals surface area contributed by atoms with Crippen molar-refractivity contribution in [3.8, 4) is 0 Å². The molecule has 0 amide bonds. The van der Waals surface area contributed by atoms with E-state index >= 15 is 0 Å². The fraction of sp³-hybridized carbons (Fsp3) is 0.500. The summed E-state index contributed by atoms with van der Waals surface area (Å²) in [6, 6.07) is 1.85. The molecule has 2 unspecified atom stereocenters. The van der Waals surface area contributed by atoms with Gasteiger partial charge in [0.05, 0.1) is 16.1 Å². The summed E-state index contributed by atoms with van der Waals surface area (Å²) in [4.78, 5) is -0.363. The Hall–Kier alpha value is -0.400. The van der Waals surface area contributed by atoms with Gasteiger partial charge in [0.25, 0.3) is 0 Å². The minimum Gasteiger partial charge on any atom is -0.392 e. The lowest BCUT2D eigenvalue weighted by Gasteiger charge is -2.49. The van der Waals surface area contributed by atoms with E-state index in [9.17, 15) is 17.9 Å². The maximum atomic E-state index is 13.6. The summed E-state index contributed by atoms with van der Waals surface area (Å²) in [5.41, 5.74) is -0.579. The predicted molar refractivity (Wildman–Crippen MR) is 74.9 cm³/mol. The van der Waals surface area contributed by atoms with Crippen molar-refractivity contribution in [1.29, 1.82) is 0 Å². The van der Waals surface area contributed by atoms with Crippen LogP contribution in [0.25, 0.3) is 0 Å². The van der Waals surface area contributed by atoms with Crippen LogP contribution >= 0.6 is 23.2 Å². The van der Waals surface area contributed by atoms with E-state index in [1.165, 1.54) is 0 Å². The van der Waals surface area contributed by atoms with Crippen molar-refractivity contribution in [2.75, 3.05) is 0 Å². The summed E-state index contributed by atoms with van der Waals surface area (Å²) in [6.07, 6.45) is -0.271. The molecule has 2 rings (SSSR count). The molecule has 0 heterocycles. The molecule has 1 aliphatic rings. The van der Waals surface area contributed by atoms with Crippen LogP contribution in [0.15, 0.2) is 17.0 Å². The third-order valence-electron chi connectivity index (χ3n) is 3.80. The first-order valence-electron chi connectivity index (χ1n) is 5.91. The zero-order chi connectivity index (χ0) is 15.3. The van der Waals surface area contributed by atoms with Gasteiger partial charge in [-0.15, -0.1) is 0 Å². The summed E-state index contributed by atoms with van der Waals surface area (Å²) in [6.45, 7) is 3.50. The SMILES string of the molecule is CC1(C)C(O)CC1NS(=O)(=O)c1ccc(Cl)c(F)c1Cl. The number of aliphatic hydroxyl groups is 1. The predicted octanol–water partition coefficient (Wildman–Crippen LogP) is 2.57. The van der Waals surface area contributed by atoms with Crippen molar-refractivity contribution >= 4 is 33.2 Å². The van der Waals surface area contributed by atoms with E-state index in [4.69, 9.17) is 23.2 Å². The van der Waals surface area contributed by atoms with Crippen LogP contribution in [0.3, 0.4) is 0 Å². The summed E-state index contributed by atoms with van der Waals surface area (Å²) >= 11 is 11.2. The number of sulfonamides is 1. The monoisotopic (exact) mass is 341 g/mol. The Morgan fingerprint density at radius 3 is 2.50 bits per heavy atom. The van der Waals surface area contributed by atoms with Gasteiger partial charge in [-0.1, -0.05) is 37.0 Å². The van der Waals surface area contributed by atoms with Gasteiger partial charge in [0.15, 0.2) is 5.82 Å². The molecular formula is C12H14Cl2FNO3S. The van der Waals surface area contributed by atoms with E-state index in [1.54, 1.807) is 13.8 Å². The van der Waals surface area contributed by atoms with Gasteiger partial charge in [-0.25, -0.2) is 17.5 Å². The second-order valence-corrected chi connectivity index (χ2v) is 7.89. The molecule has 0 radical (unpaired) electrons. The summed E-state index contributed by atoms with van der Waals surface area (Å²) in [7, 11) is -3.98. The van der Waals surface area contributed by atoms with Gasteiger partial charge in [-0.05, 0) is 18.6 Å². The van der Waals surface area contributed by atoms with Crippen LogP contribution in [0.1, 0.15) is 20.3 Å². The molecule has 2 N–H and O–H groups in total. The van der Waals surface area contributed by atoms with Gasteiger partial charge in [0.2, 0.25) is 10.0 Å². The Morgan fingerprint density at radius 1 is 1.40 bits per heavy atom. The van der Waals surface area contributed by atoms with Gasteiger partial charge in [-0.2, -0.15) is 0 Å². The Morgan fingerprint density at radius 2 is 2.00 bits per heavy atom. The Balaban J connectivity index is 2.31. The third kappa shape index (κ3) is 2.55. The van der Waals surface area contributed by atoms with Crippen LogP contribution in [0.5, 0.6) is 0 Å². The van der Waals surface area contributed by atoms with E-state index in [-0.39, 0.29) is 9.92 Å². The highest BCUT2D eigenvalue weighted by Gasteiger charge is 2.49. The Labute approximate surface area is 126 Å². The first-order chi connectivity index (χ1) is 9.07. The highest BCUT2D eigenvalue weighted by molar-refractivity contribution is 7.89. The highest BCUT2D eigenvalue weighted by Crippen LogP contribution is 2.41. The average Bonchev–Trinajstić information content (AvgIpc) is 2.35. The topological polar surface area (TPSA) is 66.4 Å². The normalized spacial score (nSPS) is 25.3. The second kappa shape index (κ2) is 5.10. The molecule has 1 aromatic rings. The van der Waals surface area contributed by atoms with E-state index in [0.29, 0.717) is 6.42 Å². The molecule has 0 aromatic heterocycles. The van der Waals surface area contributed by atoms with Gasteiger partial charge in [0.1, 0.15) is 4.90 Å². The van der Waals surface area contributed by atoms with E-state index in [1.807, 2.05) is 0 Å². The number of benzene rings is 1. The second-order valence-electron chi connectivity index (χ2n) is 5.42. The molecular weight excluding hydrogens is 328 g/mol. The maximum Gasteiger partial charge on any atom is 0.242 e. The van der Waals surface area contributed by atoms with Crippen molar-refractivity contribution in [3.63, 3.8) is 0 Å².